The van der Waals surface area contributed by atoms with E-state index in [0.29, 0.717) is 5.56 Å². The minimum absolute atomic E-state index is 0.0909. The number of benzene rings is 1. The van der Waals surface area contributed by atoms with Gasteiger partial charge in [-0.05, 0) is 12.1 Å². The first-order chi connectivity index (χ1) is 6.88. The lowest BCUT2D eigenvalue weighted by atomic mass is 9.83. The van der Waals surface area contributed by atoms with Crippen molar-refractivity contribution in [3.05, 3.63) is 39.7 Å². The first-order valence-electron chi connectivity index (χ1n) is 4.53. The van der Waals surface area contributed by atoms with Crippen LogP contribution in [0.25, 0.3) is 0 Å². The quantitative estimate of drug-likeness (QED) is 0.615. The maximum Gasteiger partial charge on any atom is 0.273 e. The van der Waals surface area contributed by atoms with Gasteiger partial charge in [0.1, 0.15) is 5.82 Å². The first-order valence-corrected chi connectivity index (χ1v) is 4.53. The molecule has 0 saturated heterocycles. The Morgan fingerprint density at radius 3 is 2.60 bits per heavy atom. The molecule has 0 atom stereocenters. The SMILES string of the molecule is CC(C)(CN)c1cc(F)ccc1[N+](=O)[O-]. The van der Waals surface area contributed by atoms with Crippen molar-refractivity contribution in [1.29, 1.82) is 0 Å². The predicted molar refractivity (Wildman–Crippen MR) is 55.1 cm³/mol. The Morgan fingerprint density at radius 1 is 1.53 bits per heavy atom. The van der Waals surface area contributed by atoms with Gasteiger partial charge in [0.05, 0.1) is 4.92 Å². The fourth-order valence-corrected chi connectivity index (χ4v) is 1.32. The molecule has 0 unspecified atom stereocenters. The highest BCUT2D eigenvalue weighted by atomic mass is 19.1. The molecule has 0 spiro atoms. The van der Waals surface area contributed by atoms with Gasteiger partial charge in [0.15, 0.2) is 0 Å². The van der Waals surface area contributed by atoms with E-state index in [0.717, 1.165) is 6.07 Å². The topological polar surface area (TPSA) is 69.2 Å². The average molecular weight is 212 g/mol. The molecule has 0 radical (unpaired) electrons. The van der Waals surface area contributed by atoms with Crippen LogP contribution in [0.1, 0.15) is 19.4 Å². The third-order valence-corrected chi connectivity index (χ3v) is 2.39. The Kier molecular flexibility index (Phi) is 3.04. The third kappa shape index (κ3) is 2.30. The summed E-state index contributed by atoms with van der Waals surface area (Å²) in [6.45, 7) is 3.71. The second-order valence-electron chi connectivity index (χ2n) is 4.01. The lowest BCUT2D eigenvalue weighted by Gasteiger charge is -2.22. The molecular weight excluding hydrogens is 199 g/mol. The highest BCUT2D eigenvalue weighted by molar-refractivity contribution is 5.45. The minimum Gasteiger partial charge on any atom is -0.330 e. The normalized spacial score (nSPS) is 11.5. The van der Waals surface area contributed by atoms with Crippen molar-refractivity contribution in [3.8, 4) is 0 Å². The van der Waals surface area contributed by atoms with Gasteiger partial charge in [0, 0.05) is 23.6 Å². The van der Waals surface area contributed by atoms with Crippen molar-refractivity contribution in [2.45, 2.75) is 19.3 Å². The number of nitro benzene ring substituents is 1. The number of nitrogens with zero attached hydrogens (tertiary/aromatic N) is 1. The Hall–Kier alpha value is -1.49. The molecule has 0 aliphatic carbocycles. The van der Waals surface area contributed by atoms with Crippen LogP contribution in [-0.2, 0) is 5.41 Å². The van der Waals surface area contributed by atoms with Gasteiger partial charge >= 0.3 is 0 Å². The summed E-state index contributed by atoms with van der Waals surface area (Å²) in [7, 11) is 0. The van der Waals surface area contributed by atoms with Gasteiger partial charge < -0.3 is 5.73 Å². The van der Waals surface area contributed by atoms with Crippen LogP contribution in [0.15, 0.2) is 18.2 Å². The summed E-state index contributed by atoms with van der Waals surface area (Å²) < 4.78 is 13.0. The summed E-state index contributed by atoms with van der Waals surface area (Å²) in [5.41, 5.74) is 5.14. The standard InChI is InChI=1S/C10H13FN2O2/c1-10(2,6-12)8-5-7(11)3-4-9(8)13(14)15/h3-5H,6,12H2,1-2H3. The summed E-state index contributed by atoms with van der Waals surface area (Å²) in [5, 5.41) is 10.7. The summed E-state index contributed by atoms with van der Waals surface area (Å²) >= 11 is 0. The predicted octanol–water partition coefficient (Wildman–Crippen LogP) is 1.97. The van der Waals surface area contributed by atoms with Gasteiger partial charge in [0.25, 0.3) is 5.69 Å². The Labute approximate surface area is 87.0 Å². The molecule has 1 aromatic rings. The van der Waals surface area contributed by atoms with Crippen LogP contribution in [0.3, 0.4) is 0 Å². The molecule has 82 valence electrons. The van der Waals surface area contributed by atoms with Gasteiger partial charge in [-0.15, -0.1) is 0 Å². The van der Waals surface area contributed by atoms with Crippen molar-refractivity contribution < 1.29 is 9.31 Å². The molecule has 0 fully saturated rings. The number of nitro groups is 1. The van der Waals surface area contributed by atoms with Crippen LogP contribution in [0.4, 0.5) is 10.1 Å². The van der Waals surface area contributed by atoms with Gasteiger partial charge in [0.2, 0.25) is 0 Å². The van der Waals surface area contributed by atoms with Crippen LogP contribution in [0, 0.1) is 15.9 Å². The lowest BCUT2D eigenvalue weighted by molar-refractivity contribution is -0.386. The molecule has 1 rings (SSSR count). The third-order valence-electron chi connectivity index (χ3n) is 2.39. The van der Waals surface area contributed by atoms with Gasteiger partial charge in [-0.25, -0.2) is 4.39 Å². The van der Waals surface area contributed by atoms with Crippen LogP contribution in [-0.4, -0.2) is 11.5 Å². The van der Waals surface area contributed by atoms with E-state index in [1.54, 1.807) is 13.8 Å². The zero-order valence-electron chi connectivity index (χ0n) is 8.66. The number of hydrogen-bond acceptors (Lipinski definition) is 3. The molecule has 0 aliphatic rings. The second kappa shape index (κ2) is 3.94. The number of halogens is 1. The van der Waals surface area contributed by atoms with Gasteiger partial charge in [-0.2, -0.15) is 0 Å². The van der Waals surface area contributed by atoms with E-state index in [1.807, 2.05) is 0 Å². The van der Waals surface area contributed by atoms with Crippen molar-refractivity contribution in [1.82, 2.24) is 0 Å². The van der Waals surface area contributed by atoms with Crippen LogP contribution < -0.4 is 5.73 Å². The van der Waals surface area contributed by atoms with E-state index in [2.05, 4.69) is 0 Å². The smallest absolute Gasteiger partial charge is 0.273 e. The highest BCUT2D eigenvalue weighted by Gasteiger charge is 2.28. The minimum atomic E-state index is -0.607. The molecule has 0 saturated carbocycles. The van der Waals surface area contributed by atoms with Gasteiger partial charge in [-0.1, -0.05) is 13.8 Å². The first kappa shape index (κ1) is 11.6. The number of nitrogens with two attached hydrogens (primary N) is 1. The summed E-state index contributed by atoms with van der Waals surface area (Å²) in [5.74, 6) is -0.489. The monoisotopic (exact) mass is 212 g/mol. The summed E-state index contributed by atoms with van der Waals surface area (Å²) in [4.78, 5) is 10.2. The molecule has 0 amide bonds. The fraction of sp³-hybridized carbons (Fsp3) is 0.400. The maximum absolute atomic E-state index is 13.0. The molecule has 1 aromatic carbocycles. The van der Waals surface area contributed by atoms with E-state index in [1.165, 1.54) is 12.1 Å². The molecule has 0 aliphatic heterocycles. The molecule has 15 heavy (non-hydrogen) atoms. The summed E-state index contributed by atoms with van der Waals surface area (Å²) in [6, 6.07) is 3.42. The van der Waals surface area contributed by atoms with Crippen molar-refractivity contribution in [2.75, 3.05) is 6.54 Å². The highest BCUT2D eigenvalue weighted by Crippen LogP contribution is 2.31. The van der Waals surface area contributed by atoms with Crippen molar-refractivity contribution >= 4 is 5.69 Å². The van der Waals surface area contributed by atoms with Crippen LogP contribution in [0.5, 0.6) is 0 Å². The molecule has 5 heteroatoms. The molecular formula is C10H13FN2O2. The lowest BCUT2D eigenvalue weighted by Crippen LogP contribution is -2.29. The maximum atomic E-state index is 13.0. The Balaban J connectivity index is 3.37. The van der Waals surface area contributed by atoms with Crippen LogP contribution >= 0.6 is 0 Å². The van der Waals surface area contributed by atoms with E-state index in [-0.39, 0.29) is 12.2 Å². The molecule has 0 aromatic heterocycles. The molecule has 0 bridgehead atoms. The molecule has 4 nitrogen and oxygen atoms in total. The van der Waals surface area contributed by atoms with E-state index < -0.39 is 16.2 Å². The van der Waals surface area contributed by atoms with Crippen LogP contribution in [0.2, 0.25) is 0 Å². The molecule has 2 N–H and O–H groups in total. The second-order valence-corrected chi connectivity index (χ2v) is 4.01. The Bertz CT molecular complexity index is 391. The van der Waals surface area contributed by atoms with E-state index in [9.17, 15) is 14.5 Å². The van der Waals surface area contributed by atoms with E-state index >= 15 is 0 Å². The number of hydrogen-bond donors (Lipinski definition) is 1. The zero-order valence-corrected chi connectivity index (χ0v) is 8.66. The zero-order chi connectivity index (χ0) is 11.6. The average Bonchev–Trinajstić information content (AvgIpc) is 2.17. The summed E-state index contributed by atoms with van der Waals surface area (Å²) in [6.07, 6.45) is 0. The number of rotatable bonds is 3. The van der Waals surface area contributed by atoms with E-state index in [4.69, 9.17) is 5.73 Å². The van der Waals surface area contributed by atoms with Crippen molar-refractivity contribution in [3.63, 3.8) is 0 Å². The fourth-order valence-electron chi connectivity index (χ4n) is 1.32. The van der Waals surface area contributed by atoms with Gasteiger partial charge in [-0.3, -0.25) is 10.1 Å². The Morgan fingerprint density at radius 2 is 2.13 bits per heavy atom. The largest absolute Gasteiger partial charge is 0.330 e. The van der Waals surface area contributed by atoms with Crippen molar-refractivity contribution in [2.24, 2.45) is 5.73 Å². The molecule has 0 heterocycles.